The summed E-state index contributed by atoms with van der Waals surface area (Å²) in [5, 5.41) is 2.80. The fourth-order valence-corrected chi connectivity index (χ4v) is 3.98. The topological polar surface area (TPSA) is 69.7 Å². The van der Waals surface area contributed by atoms with Crippen LogP contribution in [0.25, 0.3) is 0 Å². The van der Waals surface area contributed by atoms with Gasteiger partial charge in [0.2, 0.25) is 11.8 Å². The first-order chi connectivity index (χ1) is 15.0. The van der Waals surface area contributed by atoms with Crippen molar-refractivity contribution in [1.29, 1.82) is 0 Å². The number of piperidine rings is 1. The molecule has 0 radical (unpaired) electrons. The minimum Gasteiger partial charge on any atom is -0.347 e. The maximum Gasteiger partial charge on any atom is 0.253 e. The molecule has 3 amide bonds. The van der Waals surface area contributed by atoms with E-state index in [1.807, 2.05) is 49.4 Å². The summed E-state index contributed by atoms with van der Waals surface area (Å²) < 4.78 is 0.930. The average molecular weight is 486 g/mol. The largest absolute Gasteiger partial charge is 0.347 e. The summed E-state index contributed by atoms with van der Waals surface area (Å²) in [7, 11) is 0. The molecule has 6 nitrogen and oxygen atoms in total. The van der Waals surface area contributed by atoms with Gasteiger partial charge >= 0.3 is 0 Å². The first kappa shape index (κ1) is 23.0. The lowest BCUT2D eigenvalue weighted by atomic mass is 9.95. The zero-order valence-corrected chi connectivity index (χ0v) is 19.3. The normalized spacial score (nSPS) is 14.2. The molecule has 1 aliphatic rings. The van der Waals surface area contributed by atoms with Gasteiger partial charge in [0.05, 0.1) is 6.54 Å². The Morgan fingerprint density at radius 3 is 2.29 bits per heavy atom. The zero-order valence-electron chi connectivity index (χ0n) is 17.7. The van der Waals surface area contributed by atoms with Crippen LogP contribution in [0.3, 0.4) is 0 Å². The van der Waals surface area contributed by atoms with Crippen molar-refractivity contribution in [1.82, 2.24) is 15.1 Å². The maximum absolute atomic E-state index is 12.6. The highest BCUT2D eigenvalue weighted by atomic mass is 79.9. The summed E-state index contributed by atoms with van der Waals surface area (Å²) in [6, 6.07) is 17.1. The number of nitrogens with zero attached hydrogens (tertiary/aromatic N) is 2. The average Bonchev–Trinajstić information content (AvgIpc) is 2.81. The molecule has 0 bridgehead atoms. The van der Waals surface area contributed by atoms with E-state index in [9.17, 15) is 14.4 Å². The molecule has 0 unspecified atom stereocenters. The van der Waals surface area contributed by atoms with Crippen LogP contribution in [0.2, 0.25) is 0 Å². The molecule has 3 rings (SSSR count). The van der Waals surface area contributed by atoms with Gasteiger partial charge in [-0.15, -0.1) is 0 Å². The number of hydrogen-bond donors (Lipinski definition) is 1. The molecule has 7 heteroatoms. The van der Waals surface area contributed by atoms with E-state index < -0.39 is 0 Å². The number of hydrogen-bond acceptors (Lipinski definition) is 3. The minimum absolute atomic E-state index is 0.00244. The SMILES string of the molecule is CCN(Cc1ccccc1)C(=O)CNC(=O)C1CCN(C(=O)c2ccc(Br)cc2)CC1. The molecule has 0 aromatic heterocycles. The number of amides is 3. The summed E-state index contributed by atoms with van der Waals surface area (Å²) in [5.74, 6) is -0.394. The van der Waals surface area contributed by atoms with Crippen molar-refractivity contribution in [2.75, 3.05) is 26.2 Å². The van der Waals surface area contributed by atoms with Crippen LogP contribution in [0.1, 0.15) is 35.7 Å². The van der Waals surface area contributed by atoms with Gasteiger partial charge in [-0.1, -0.05) is 46.3 Å². The molecule has 1 N–H and O–H groups in total. The van der Waals surface area contributed by atoms with Gasteiger partial charge in [0.1, 0.15) is 0 Å². The van der Waals surface area contributed by atoms with Crippen LogP contribution < -0.4 is 5.32 Å². The Hall–Kier alpha value is -2.67. The van der Waals surface area contributed by atoms with E-state index in [-0.39, 0.29) is 30.2 Å². The molecular weight excluding hydrogens is 458 g/mol. The highest BCUT2D eigenvalue weighted by Gasteiger charge is 2.28. The van der Waals surface area contributed by atoms with Gasteiger partial charge in [0.15, 0.2) is 0 Å². The van der Waals surface area contributed by atoms with Crippen LogP contribution in [-0.2, 0) is 16.1 Å². The molecule has 31 heavy (non-hydrogen) atoms. The minimum atomic E-state index is -0.175. The lowest BCUT2D eigenvalue weighted by molar-refractivity contribution is -0.134. The third-order valence-corrected chi connectivity index (χ3v) is 6.14. The molecule has 2 aromatic carbocycles. The standard InChI is InChI=1S/C24H28BrN3O3/c1-2-27(17-18-6-4-3-5-7-18)22(29)16-26-23(30)19-12-14-28(15-13-19)24(31)20-8-10-21(25)11-9-20/h3-11,19H,2,12-17H2,1H3,(H,26,30). The second-order valence-electron chi connectivity index (χ2n) is 7.68. The monoisotopic (exact) mass is 485 g/mol. The Balaban J connectivity index is 1.44. The van der Waals surface area contributed by atoms with Gasteiger partial charge in [-0.2, -0.15) is 0 Å². The van der Waals surface area contributed by atoms with Gasteiger partial charge in [-0.25, -0.2) is 0 Å². The van der Waals surface area contributed by atoms with Crippen LogP contribution >= 0.6 is 15.9 Å². The van der Waals surface area contributed by atoms with E-state index in [2.05, 4.69) is 21.2 Å². The number of benzene rings is 2. The Morgan fingerprint density at radius 2 is 1.68 bits per heavy atom. The van der Waals surface area contributed by atoms with Crippen molar-refractivity contribution < 1.29 is 14.4 Å². The first-order valence-electron chi connectivity index (χ1n) is 10.6. The van der Waals surface area contributed by atoms with Gasteiger partial charge in [-0.3, -0.25) is 14.4 Å². The molecule has 0 spiro atoms. The van der Waals surface area contributed by atoms with Crippen LogP contribution in [0, 0.1) is 5.92 Å². The quantitative estimate of drug-likeness (QED) is 0.652. The van der Waals surface area contributed by atoms with E-state index in [0.29, 0.717) is 44.6 Å². The molecule has 0 aliphatic carbocycles. The van der Waals surface area contributed by atoms with E-state index in [1.165, 1.54) is 0 Å². The predicted molar refractivity (Wildman–Crippen MR) is 123 cm³/mol. The lowest BCUT2D eigenvalue weighted by Crippen LogP contribution is -2.45. The summed E-state index contributed by atoms with van der Waals surface area (Å²) in [4.78, 5) is 41.2. The molecule has 2 aromatic rings. The molecule has 1 aliphatic heterocycles. The number of nitrogens with one attached hydrogen (secondary N) is 1. The van der Waals surface area contributed by atoms with E-state index in [0.717, 1.165) is 10.0 Å². The number of rotatable bonds is 7. The summed E-state index contributed by atoms with van der Waals surface area (Å²) >= 11 is 3.37. The Bertz CT molecular complexity index is 894. The van der Waals surface area contributed by atoms with Gasteiger partial charge in [0.25, 0.3) is 5.91 Å². The van der Waals surface area contributed by atoms with Gasteiger partial charge in [-0.05, 0) is 49.6 Å². The molecule has 1 fully saturated rings. The Labute approximate surface area is 191 Å². The Morgan fingerprint density at radius 1 is 1.03 bits per heavy atom. The molecule has 0 saturated carbocycles. The summed E-state index contributed by atoms with van der Waals surface area (Å²) in [6.45, 7) is 4.12. The van der Waals surface area contributed by atoms with Crippen LogP contribution in [0.4, 0.5) is 0 Å². The van der Waals surface area contributed by atoms with E-state index in [4.69, 9.17) is 0 Å². The van der Waals surface area contributed by atoms with Crippen molar-refractivity contribution in [2.24, 2.45) is 5.92 Å². The summed E-state index contributed by atoms with van der Waals surface area (Å²) in [6.07, 6.45) is 1.20. The predicted octanol–water partition coefficient (Wildman–Crippen LogP) is 3.47. The zero-order chi connectivity index (χ0) is 22.2. The van der Waals surface area contributed by atoms with Crippen LogP contribution in [0.15, 0.2) is 59.1 Å². The van der Waals surface area contributed by atoms with Gasteiger partial charge < -0.3 is 15.1 Å². The second-order valence-corrected chi connectivity index (χ2v) is 8.60. The third kappa shape index (κ3) is 6.40. The second kappa shape index (κ2) is 11.1. The van der Waals surface area contributed by atoms with Crippen LogP contribution in [-0.4, -0.2) is 53.7 Å². The highest BCUT2D eigenvalue weighted by molar-refractivity contribution is 9.10. The van der Waals surface area contributed by atoms with Crippen molar-refractivity contribution in [3.05, 3.63) is 70.2 Å². The molecular formula is C24H28BrN3O3. The molecule has 1 saturated heterocycles. The van der Waals surface area contributed by atoms with Crippen molar-refractivity contribution in [3.63, 3.8) is 0 Å². The van der Waals surface area contributed by atoms with Crippen molar-refractivity contribution in [3.8, 4) is 0 Å². The molecule has 0 atom stereocenters. The number of halogens is 1. The Kier molecular flexibility index (Phi) is 8.23. The third-order valence-electron chi connectivity index (χ3n) is 5.61. The summed E-state index contributed by atoms with van der Waals surface area (Å²) in [5.41, 5.74) is 1.71. The smallest absolute Gasteiger partial charge is 0.253 e. The van der Waals surface area contributed by atoms with Crippen molar-refractivity contribution >= 4 is 33.7 Å². The van der Waals surface area contributed by atoms with Crippen molar-refractivity contribution in [2.45, 2.75) is 26.3 Å². The van der Waals surface area contributed by atoms with E-state index >= 15 is 0 Å². The molecule has 1 heterocycles. The fraction of sp³-hybridized carbons (Fsp3) is 0.375. The molecule has 164 valence electrons. The fourth-order valence-electron chi connectivity index (χ4n) is 3.72. The number of carbonyl (C=O) groups is 3. The number of likely N-dealkylation sites (tertiary alicyclic amines) is 1. The highest BCUT2D eigenvalue weighted by Crippen LogP contribution is 2.20. The van der Waals surface area contributed by atoms with Gasteiger partial charge in [0, 0.05) is 42.1 Å². The maximum atomic E-state index is 12.6. The number of likely N-dealkylation sites (N-methyl/N-ethyl adjacent to an activating group) is 1. The van der Waals surface area contributed by atoms with Crippen LogP contribution in [0.5, 0.6) is 0 Å². The number of carbonyl (C=O) groups excluding carboxylic acids is 3. The lowest BCUT2D eigenvalue weighted by Gasteiger charge is -2.31. The first-order valence-corrected chi connectivity index (χ1v) is 11.4. The van der Waals surface area contributed by atoms with E-state index in [1.54, 1.807) is 21.9 Å².